The second kappa shape index (κ2) is 9.98. The van der Waals surface area contributed by atoms with Gasteiger partial charge in [0.15, 0.2) is 5.13 Å². The van der Waals surface area contributed by atoms with Gasteiger partial charge in [-0.2, -0.15) is 4.98 Å². The summed E-state index contributed by atoms with van der Waals surface area (Å²) in [6.07, 6.45) is 1.18. The summed E-state index contributed by atoms with van der Waals surface area (Å²) in [5, 5.41) is 13.7. The van der Waals surface area contributed by atoms with E-state index in [2.05, 4.69) is 30.8 Å². The zero-order valence-corrected chi connectivity index (χ0v) is 22.5. The lowest BCUT2D eigenvalue weighted by molar-refractivity contribution is 0.0218. The van der Waals surface area contributed by atoms with Crippen molar-refractivity contribution in [3.05, 3.63) is 41.0 Å². The SMILES string of the molecule is COc1ccccc1Nc1nc2sc(C(=O)Nc3n[nH]c(C4CCCN4C(=O)OC(C)(C)C)n3)cc2s1. The van der Waals surface area contributed by atoms with Gasteiger partial charge in [-0.1, -0.05) is 23.5 Å². The zero-order chi connectivity index (χ0) is 26.2. The van der Waals surface area contributed by atoms with Crippen molar-refractivity contribution in [1.82, 2.24) is 25.1 Å². The predicted octanol–water partition coefficient (Wildman–Crippen LogP) is 5.55. The minimum absolute atomic E-state index is 0.152. The molecule has 0 radical (unpaired) electrons. The topological polar surface area (TPSA) is 134 Å². The lowest BCUT2D eigenvalue weighted by atomic mass is 10.2. The number of aromatic nitrogens is 4. The molecule has 1 aliphatic heterocycles. The molecule has 1 atom stereocenters. The van der Waals surface area contributed by atoms with Crippen LogP contribution in [0, 0.1) is 0 Å². The third kappa shape index (κ3) is 5.52. The van der Waals surface area contributed by atoms with Gasteiger partial charge in [-0.25, -0.2) is 9.78 Å². The zero-order valence-electron chi connectivity index (χ0n) is 20.8. The van der Waals surface area contributed by atoms with Crippen LogP contribution in [-0.2, 0) is 4.74 Å². The maximum atomic E-state index is 12.9. The van der Waals surface area contributed by atoms with E-state index >= 15 is 0 Å². The molecule has 0 saturated carbocycles. The number of carbonyl (C=O) groups is 2. The minimum atomic E-state index is -0.584. The third-order valence-electron chi connectivity index (χ3n) is 5.59. The number of hydrogen-bond donors (Lipinski definition) is 3. The molecular weight excluding hydrogens is 514 g/mol. The van der Waals surface area contributed by atoms with Crippen molar-refractivity contribution in [2.45, 2.75) is 45.3 Å². The molecule has 2 amide bonds. The molecule has 3 N–H and O–H groups in total. The van der Waals surface area contributed by atoms with Crippen LogP contribution in [0.25, 0.3) is 9.53 Å². The van der Waals surface area contributed by atoms with E-state index in [0.717, 1.165) is 33.8 Å². The molecule has 0 bridgehead atoms. The molecule has 3 aromatic heterocycles. The van der Waals surface area contributed by atoms with Crippen molar-refractivity contribution in [3.8, 4) is 5.75 Å². The Bertz CT molecular complexity index is 1410. The van der Waals surface area contributed by atoms with Crippen molar-refractivity contribution >= 4 is 61.0 Å². The van der Waals surface area contributed by atoms with Crippen LogP contribution in [0.4, 0.5) is 21.6 Å². The first-order valence-electron chi connectivity index (χ1n) is 11.7. The summed E-state index contributed by atoms with van der Waals surface area (Å²) >= 11 is 2.74. The first-order chi connectivity index (χ1) is 17.7. The number of thiophene rings is 1. The highest BCUT2D eigenvalue weighted by molar-refractivity contribution is 7.29. The molecule has 0 aliphatic carbocycles. The molecule has 37 heavy (non-hydrogen) atoms. The highest BCUT2D eigenvalue weighted by Gasteiger charge is 2.35. The maximum Gasteiger partial charge on any atom is 0.410 e. The number of thiazole rings is 1. The summed E-state index contributed by atoms with van der Waals surface area (Å²) in [6, 6.07) is 9.12. The molecular formula is C24H27N7O4S2. The highest BCUT2D eigenvalue weighted by atomic mass is 32.1. The van der Waals surface area contributed by atoms with Crippen LogP contribution in [0.1, 0.15) is 55.2 Å². The van der Waals surface area contributed by atoms with E-state index in [4.69, 9.17) is 9.47 Å². The van der Waals surface area contributed by atoms with Crippen molar-refractivity contribution in [3.63, 3.8) is 0 Å². The van der Waals surface area contributed by atoms with Crippen molar-refractivity contribution in [2.75, 3.05) is 24.3 Å². The van der Waals surface area contributed by atoms with E-state index in [1.165, 1.54) is 22.7 Å². The van der Waals surface area contributed by atoms with Crippen molar-refractivity contribution in [1.29, 1.82) is 0 Å². The Morgan fingerprint density at radius 3 is 2.76 bits per heavy atom. The molecule has 4 aromatic rings. The molecule has 11 nitrogen and oxygen atoms in total. The van der Waals surface area contributed by atoms with E-state index < -0.39 is 5.60 Å². The Kier molecular flexibility index (Phi) is 6.73. The number of anilines is 3. The number of H-pyrrole nitrogens is 1. The number of benzene rings is 1. The quantitative estimate of drug-likeness (QED) is 0.289. The second-order valence-corrected chi connectivity index (χ2v) is 11.5. The molecule has 0 spiro atoms. The van der Waals surface area contributed by atoms with Crippen LogP contribution in [0.3, 0.4) is 0 Å². The number of ether oxygens (including phenoxy) is 2. The van der Waals surface area contributed by atoms with Gasteiger partial charge in [-0.15, -0.1) is 16.4 Å². The van der Waals surface area contributed by atoms with E-state index in [0.29, 0.717) is 22.4 Å². The Labute approximate surface area is 221 Å². The predicted molar refractivity (Wildman–Crippen MR) is 143 cm³/mol. The number of rotatable bonds is 6. The van der Waals surface area contributed by atoms with Crippen molar-refractivity contribution < 1.29 is 19.1 Å². The molecule has 1 aliphatic rings. The molecule has 4 heterocycles. The van der Waals surface area contributed by atoms with Gasteiger partial charge in [0.2, 0.25) is 5.95 Å². The first kappa shape index (κ1) is 25.0. The summed E-state index contributed by atoms with van der Waals surface area (Å²) in [7, 11) is 1.62. The van der Waals surface area contributed by atoms with Gasteiger partial charge in [0.25, 0.3) is 5.91 Å². The number of hydrogen-bond acceptors (Lipinski definition) is 10. The van der Waals surface area contributed by atoms with E-state index in [1.54, 1.807) is 18.1 Å². The molecule has 1 aromatic carbocycles. The van der Waals surface area contributed by atoms with Crippen LogP contribution in [0.2, 0.25) is 0 Å². The summed E-state index contributed by atoms with van der Waals surface area (Å²) < 4.78 is 11.8. The normalized spacial score (nSPS) is 15.7. The average molecular weight is 542 g/mol. The van der Waals surface area contributed by atoms with Gasteiger partial charge in [0.05, 0.1) is 28.4 Å². The lowest BCUT2D eigenvalue weighted by Gasteiger charge is -2.27. The Morgan fingerprint density at radius 1 is 1.19 bits per heavy atom. The number of carbonyl (C=O) groups excluding carboxylic acids is 2. The Hall–Kier alpha value is -3.71. The molecule has 1 fully saturated rings. The van der Waals surface area contributed by atoms with Gasteiger partial charge in [0, 0.05) is 6.54 Å². The molecule has 194 valence electrons. The number of fused-ring (bicyclic) bond motifs is 1. The lowest BCUT2D eigenvalue weighted by Crippen LogP contribution is -2.36. The third-order valence-corrected chi connectivity index (χ3v) is 7.66. The van der Waals surface area contributed by atoms with Crippen LogP contribution < -0.4 is 15.4 Å². The van der Waals surface area contributed by atoms with Gasteiger partial charge >= 0.3 is 6.09 Å². The molecule has 5 rings (SSSR count). The number of aromatic amines is 1. The number of para-hydroxylation sites is 2. The standard InChI is InChI=1S/C24H27N7O4S2/c1-24(2,3)35-23(33)31-11-7-9-14(31)18-26-21(30-29-18)27-19(32)16-12-17-20(36-16)28-22(37-17)25-13-8-5-6-10-15(13)34-4/h5-6,8,10,12,14H,7,9,11H2,1-4H3,(H,25,28)(H2,26,27,29,30,32). The smallest absolute Gasteiger partial charge is 0.410 e. The second-order valence-electron chi connectivity index (χ2n) is 9.45. The Morgan fingerprint density at radius 2 is 2.00 bits per heavy atom. The van der Waals surface area contributed by atoms with Crippen LogP contribution in [0.5, 0.6) is 5.75 Å². The number of nitrogens with zero attached hydrogens (tertiary/aromatic N) is 4. The monoisotopic (exact) mass is 541 g/mol. The fourth-order valence-corrected chi connectivity index (χ4v) is 6.02. The molecule has 13 heteroatoms. The summed E-state index contributed by atoms with van der Waals surface area (Å²) in [5.74, 6) is 1.06. The Balaban J connectivity index is 1.24. The molecule has 1 unspecified atom stereocenters. The van der Waals surface area contributed by atoms with Gasteiger partial charge in [-0.3, -0.25) is 20.1 Å². The average Bonchev–Trinajstić information content (AvgIpc) is 3.61. The summed E-state index contributed by atoms with van der Waals surface area (Å²) in [6.45, 7) is 6.08. The first-order valence-corrected chi connectivity index (χ1v) is 13.4. The number of amides is 2. The van der Waals surface area contributed by atoms with E-state index in [9.17, 15) is 9.59 Å². The van der Waals surface area contributed by atoms with E-state index in [-0.39, 0.29) is 24.0 Å². The fourth-order valence-electron chi connectivity index (χ4n) is 4.00. The highest BCUT2D eigenvalue weighted by Crippen LogP contribution is 2.36. The van der Waals surface area contributed by atoms with Crippen LogP contribution >= 0.6 is 22.7 Å². The minimum Gasteiger partial charge on any atom is -0.495 e. The summed E-state index contributed by atoms with van der Waals surface area (Å²) in [4.78, 5) is 37.4. The summed E-state index contributed by atoms with van der Waals surface area (Å²) in [5.41, 5.74) is 0.233. The van der Waals surface area contributed by atoms with Gasteiger partial charge in [-0.05, 0) is 51.8 Å². The van der Waals surface area contributed by atoms with Gasteiger partial charge in [0.1, 0.15) is 22.0 Å². The fraction of sp³-hybridized carbons (Fsp3) is 0.375. The van der Waals surface area contributed by atoms with E-state index in [1.807, 2.05) is 45.0 Å². The van der Waals surface area contributed by atoms with Gasteiger partial charge < -0.3 is 14.8 Å². The maximum absolute atomic E-state index is 12.9. The van der Waals surface area contributed by atoms with Crippen molar-refractivity contribution in [2.24, 2.45) is 0 Å². The van der Waals surface area contributed by atoms with Crippen LogP contribution in [-0.4, -0.2) is 56.3 Å². The number of nitrogens with one attached hydrogen (secondary N) is 3. The largest absolute Gasteiger partial charge is 0.495 e. The van der Waals surface area contributed by atoms with Crippen LogP contribution in [0.15, 0.2) is 30.3 Å². The number of methoxy groups -OCH3 is 1. The number of likely N-dealkylation sites (tertiary alicyclic amines) is 1. The molecule has 1 saturated heterocycles.